The van der Waals surface area contributed by atoms with E-state index in [0.717, 1.165) is 6.42 Å². The Balaban J connectivity index is 1.31. The van der Waals surface area contributed by atoms with Crippen molar-refractivity contribution in [2.24, 2.45) is 0 Å². The maximum atomic E-state index is 12.4. The minimum Gasteiger partial charge on any atom is -0.454 e. The summed E-state index contributed by atoms with van der Waals surface area (Å²) in [6.45, 7) is 1.49. The summed E-state index contributed by atoms with van der Waals surface area (Å²) < 4.78 is 10.5. The zero-order valence-corrected chi connectivity index (χ0v) is 14.9. The fourth-order valence-electron chi connectivity index (χ4n) is 3.12. The van der Waals surface area contributed by atoms with Crippen molar-refractivity contribution in [1.29, 1.82) is 0 Å². The Bertz CT molecular complexity index is 864. The number of nitrogens with two attached hydrogens (primary N) is 1. The standard InChI is InChI=1S/C18H19N3O4S/c19-12-7-14-15(25-10-24-14)8-13(12)20-17(22)1-2-18(23)21-5-3-16-11(9-21)4-6-26-16/h4,6-8H,1-3,5,9-10,19H2,(H,20,22). The molecule has 0 radical (unpaired) electrons. The number of hydrogen-bond acceptors (Lipinski definition) is 6. The fraction of sp³-hybridized carbons (Fsp3) is 0.333. The molecule has 7 nitrogen and oxygen atoms in total. The molecular formula is C18H19N3O4S. The third-order valence-electron chi connectivity index (χ3n) is 4.55. The van der Waals surface area contributed by atoms with Gasteiger partial charge in [0.05, 0.1) is 11.4 Å². The van der Waals surface area contributed by atoms with Crippen LogP contribution in [-0.2, 0) is 22.6 Å². The van der Waals surface area contributed by atoms with Crippen LogP contribution in [0.5, 0.6) is 11.5 Å². The van der Waals surface area contributed by atoms with Crippen LogP contribution in [0.25, 0.3) is 0 Å². The molecule has 0 fully saturated rings. The third kappa shape index (κ3) is 3.32. The summed E-state index contributed by atoms with van der Waals surface area (Å²) in [6.07, 6.45) is 1.17. The highest BCUT2D eigenvalue weighted by Gasteiger charge is 2.22. The lowest BCUT2D eigenvalue weighted by Gasteiger charge is -2.27. The summed E-state index contributed by atoms with van der Waals surface area (Å²) in [4.78, 5) is 27.8. The summed E-state index contributed by atoms with van der Waals surface area (Å²) >= 11 is 1.74. The number of rotatable bonds is 4. The largest absolute Gasteiger partial charge is 0.454 e. The lowest BCUT2D eigenvalue weighted by atomic mass is 10.1. The van der Waals surface area contributed by atoms with Crippen LogP contribution in [0.3, 0.4) is 0 Å². The molecule has 0 spiro atoms. The molecule has 0 unspecified atom stereocenters. The van der Waals surface area contributed by atoms with Crippen molar-refractivity contribution in [1.82, 2.24) is 4.90 Å². The molecule has 1 aromatic heterocycles. The van der Waals surface area contributed by atoms with Gasteiger partial charge in [0.1, 0.15) is 0 Å². The van der Waals surface area contributed by atoms with E-state index < -0.39 is 0 Å². The first-order valence-corrected chi connectivity index (χ1v) is 9.30. The van der Waals surface area contributed by atoms with Crippen LogP contribution in [0.2, 0.25) is 0 Å². The van der Waals surface area contributed by atoms with Gasteiger partial charge in [-0.1, -0.05) is 0 Å². The number of nitrogens with zero attached hydrogens (tertiary/aromatic N) is 1. The van der Waals surface area contributed by atoms with Gasteiger partial charge in [0.15, 0.2) is 11.5 Å². The lowest BCUT2D eigenvalue weighted by Crippen LogP contribution is -2.35. The number of hydrogen-bond donors (Lipinski definition) is 2. The first-order valence-electron chi connectivity index (χ1n) is 8.42. The van der Waals surface area contributed by atoms with E-state index in [4.69, 9.17) is 15.2 Å². The van der Waals surface area contributed by atoms with Gasteiger partial charge < -0.3 is 25.4 Å². The highest BCUT2D eigenvalue weighted by molar-refractivity contribution is 7.10. The van der Waals surface area contributed by atoms with Crippen LogP contribution in [-0.4, -0.2) is 30.1 Å². The number of fused-ring (bicyclic) bond motifs is 2. The molecule has 3 N–H and O–H groups in total. The molecule has 3 heterocycles. The number of thiophene rings is 1. The predicted molar refractivity (Wildman–Crippen MR) is 98.3 cm³/mol. The number of anilines is 2. The summed E-state index contributed by atoms with van der Waals surface area (Å²) in [7, 11) is 0. The Labute approximate surface area is 154 Å². The van der Waals surface area contributed by atoms with E-state index >= 15 is 0 Å². The second-order valence-electron chi connectivity index (χ2n) is 6.28. The number of carbonyl (C=O) groups excluding carboxylic acids is 2. The number of nitrogen functional groups attached to an aromatic ring is 1. The Kier molecular flexibility index (Phi) is 4.42. The summed E-state index contributed by atoms with van der Waals surface area (Å²) in [5.74, 6) is 0.854. The molecule has 8 heteroatoms. The molecule has 2 amide bonds. The Morgan fingerprint density at radius 3 is 2.88 bits per heavy atom. The van der Waals surface area contributed by atoms with Gasteiger partial charge in [0.25, 0.3) is 0 Å². The van der Waals surface area contributed by atoms with E-state index in [2.05, 4.69) is 16.8 Å². The minimum absolute atomic E-state index is 0.00402. The molecule has 2 aromatic rings. The number of nitrogens with one attached hydrogen (secondary N) is 1. The van der Waals surface area contributed by atoms with Crippen molar-refractivity contribution in [2.45, 2.75) is 25.8 Å². The van der Waals surface area contributed by atoms with E-state index in [1.165, 1.54) is 10.4 Å². The van der Waals surface area contributed by atoms with Gasteiger partial charge in [-0.2, -0.15) is 0 Å². The molecule has 4 rings (SSSR count). The van der Waals surface area contributed by atoms with E-state index in [1.807, 2.05) is 4.90 Å². The lowest BCUT2D eigenvalue weighted by molar-refractivity contribution is -0.133. The average molecular weight is 373 g/mol. The molecular weight excluding hydrogens is 354 g/mol. The van der Waals surface area contributed by atoms with Gasteiger partial charge in [-0.15, -0.1) is 11.3 Å². The number of benzene rings is 1. The number of carbonyl (C=O) groups is 2. The normalized spacial score (nSPS) is 14.8. The van der Waals surface area contributed by atoms with Crippen LogP contribution < -0.4 is 20.5 Å². The van der Waals surface area contributed by atoms with Crippen LogP contribution in [0, 0.1) is 0 Å². The highest BCUT2D eigenvalue weighted by atomic mass is 32.1. The maximum absolute atomic E-state index is 12.4. The van der Waals surface area contributed by atoms with E-state index in [9.17, 15) is 9.59 Å². The smallest absolute Gasteiger partial charge is 0.231 e. The third-order valence-corrected chi connectivity index (χ3v) is 5.57. The van der Waals surface area contributed by atoms with E-state index in [-0.39, 0.29) is 31.4 Å². The molecule has 0 saturated carbocycles. The van der Waals surface area contributed by atoms with Gasteiger partial charge in [0, 0.05) is 42.9 Å². The molecule has 136 valence electrons. The molecule has 26 heavy (non-hydrogen) atoms. The number of ether oxygens (including phenoxy) is 2. The quantitative estimate of drug-likeness (QED) is 0.803. The van der Waals surface area contributed by atoms with Crippen LogP contribution >= 0.6 is 11.3 Å². The zero-order valence-electron chi connectivity index (χ0n) is 14.1. The van der Waals surface area contributed by atoms with Crippen molar-refractivity contribution in [3.63, 3.8) is 0 Å². The van der Waals surface area contributed by atoms with Gasteiger partial charge in [-0.25, -0.2) is 0 Å². The SMILES string of the molecule is Nc1cc2c(cc1NC(=O)CCC(=O)N1CCc3sccc3C1)OCO2. The molecule has 2 aliphatic rings. The summed E-state index contributed by atoms with van der Waals surface area (Å²) in [5.41, 5.74) is 8.00. The predicted octanol–water partition coefficient (Wildman–Crippen LogP) is 2.36. The van der Waals surface area contributed by atoms with Crippen molar-refractivity contribution in [3.05, 3.63) is 34.0 Å². The van der Waals surface area contributed by atoms with E-state index in [1.54, 1.807) is 23.5 Å². The van der Waals surface area contributed by atoms with Gasteiger partial charge >= 0.3 is 0 Å². The topological polar surface area (TPSA) is 93.9 Å². The molecule has 2 aliphatic heterocycles. The van der Waals surface area contributed by atoms with Gasteiger partial charge in [-0.05, 0) is 23.4 Å². The van der Waals surface area contributed by atoms with Crippen LogP contribution in [0.1, 0.15) is 23.3 Å². The molecule has 0 atom stereocenters. The molecule has 0 saturated heterocycles. The van der Waals surface area contributed by atoms with Crippen molar-refractivity contribution >= 4 is 34.5 Å². The highest BCUT2D eigenvalue weighted by Crippen LogP contribution is 2.38. The second-order valence-corrected chi connectivity index (χ2v) is 7.28. The van der Waals surface area contributed by atoms with Gasteiger partial charge in [0.2, 0.25) is 18.6 Å². The fourth-order valence-corrected chi connectivity index (χ4v) is 4.01. The number of amides is 2. The van der Waals surface area contributed by atoms with Crippen molar-refractivity contribution < 1.29 is 19.1 Å². The van der Waals surface area contributed by atoms with Gasteiger partial charge in [-0.3, -0.25) is 9.59 Å². The Morgan fingerprint density at radius 1 is 1.23 bits per heavy atom. The zero-order chi connectivity index (χ0) is 18.1. The molecule has 1 aromatic carbocycles. The van der Waals surface area contributed by atoms with Crippen molar-refractivity contribution in [3.8, 4) is 11.5 Å². The van der Waals surface area contributed by atoms with Crippen LogP contribution in [0.4, 0.5) is 11.4 Å². The molecule has 0 bridgehead atoms. The Morgan fingerprint density at radius 2 is 2.04 bits per heavy atom. The summed E-state index contributed by atoms with van der Waals surface area (Å²) in [6, 6.07) is 5.32. The Hall–Kier alpha value is -2.74. The monoisotopic (exact) mass is 373 g/mol. The summed E-state index contributed by atoms with van der Waals surface area (Å²) in [5, 5.41) is 4.80. The van der Waals surface area contributed by atoms with Crippen molar-refractivity contribution in [2.75, 3.05) is 24.4 Å². The first-order chi connectivity index (χ1) is 12.6. The second kappa shape index (κ2) is 6.87. The first kappa shape index (κ1) is 16.7. The van der Waals surface area contributed by atoms with Crippen LogP contribution in [0.15, 0.2) is 23.6 Å². The van der Waals surface area contributed by atoms with E-state index in [0.29, 0.717) is 36.0 Å². The minimum atomic E-state index is -0.253. The maximum Gasteiger partial charge on any atom is 0.231 e. The average Bonchev–Trinajstić information content (AvgIpc) is 3.27. The molecule has 0 aliphatic carbocycles.